The van der Waals surface area contributed by atoms with Crippen LogP contribution in [0.2, 0.25) is 0 Å². The summed E-state index contributed by atoms with van der Waals surface area (Å²) < 4.78 is 21.9. The number of nitro groups is 2. The fraction of sp³-hybridized carbons (Fsp3) is 0.0690. The van der Waals surface area contributed by atoms with E-state index >= 15 is 0 Å². The number of ether oxygens (including phenoxy) is 4. The van der Waals surface area contributed by atoms with Crippen LogP contribution in [0.15, 0.2) is 218 Å². The van der Waals surface area contributed by atoms with Crippen LogP contribution in [-0.4, -0.2) is 38.3 Å². The van der Waals surface area contributed by atoms with Crippen molar-refractivity contribution in [2.24, 2.45) is 0 Å². The fourth-order valence-electron chi connectivity index (χ4n) is 8.41. The molecule has 0 N–H and O–H groups in total. The molecule has 9 aromatic rings. The van der Waals surface area contributed by atoms with Crippen LogP contribution in [0.4, 0.5) is 79.6 Å². The predicted molar refractivity (Wildman–Crippen MR) is 285 cm³/mol. The van der Waals surface area contributed by atoms with Crippen molar-refractivity contribution >= 4 is 79.6 Å². The molecule has 0 heterocycles. The smallest absolute Gasteiger partial charge is 0.269 e. The molecule has 14 nitrogen and oxygen atoms in total. The molecule has 0 saturated carbocycles. The lowest BCUT2D eigenvalue weighted by atomic mass is 10.1. The topological polar surface area (TPSA) is 136 Å². The highest BCUT2D eigenvalue weighted by Crippen LogP contribution is 2.44. The summed E-state index contributed by atoms with van der Waals surface area (Å²) in [7, 11) is 6.52. The van der Waals surface area contributed by atoms with Crippen molar-refractivity contribution in [3.05, 3.63) is 239 Å². The SMILES string of the molecule is COc1ccc(N(c2ccc(OC)cc2)c2ccc(N(c3ccc(N(c4ccc(OC)cc4)c4ccc([N+](=O)[O-])cc4)cc3)c3ccc(N(c4ccc(OC)cc4)c4ccc([N+](=O)[O-])cc4)cc3)cc2)cc1. The predicted octanol–water partition coefficient (Wildman–Crippen LogP) is 15.4. The zero-order chi connectivity index (χ0) is 50.1. The molecule has 0 bridgehead atoms. The maximum Gasteiger partial charge on any atom is 0.269 e. The second kappa shape index (κ2) is 21.2. The first-order chi connectivity index (χ1) is 35.1. The number of benzene rings is 9. The Bertz CT molecular complexity index is 3050. The van der Waals surface area contributed by atoms with E-state index in [0.717, 1.165) is 79.7 Å². The number of hydrogen-bond donors (Lipinski definition) is 0. The van der Waals surface area contributed by atoms with Gasteiger partial charge in [0.2, 0.25) is 0 Å². The van der Waals surface area contributed by atoms with E-state index in [4.69, 9.17) is 18.9 Å². The lowest BCUT2D eigenvalue weighted by molar-refractivity contribution is -0.385. The Morgan fingerprint density at radius 1 is 0.250 bits per heavy atom. The molecule has 0 aliphatic rings. The molecule has 0 aliphatic heterocycles. The highest BCUT2D eigenvalue weighted by Gasteiger charge is 2.21. The normalized spacial score (nSPS) is 10.7. The van der Waals surface area contributed by atoms with Crippen LogP contribution < -0.4 is 38.5 Å². The number of methoxy groups -OCH3 is 4. The van der Waals surface area contributed by atoms with Crippen LogP contribution >= 0.6 is 0 Å². The van der Waals surface area contributed by atoms with Gasteiger partial charge in [-0.2, -0.15) is 0 Å². The van der Waals surface area contributed by atoms with Crippen molar-refractivity contribution in [1.29, 1.82) is 0 Å². The Hall–Kier alpha value is -9.82. The van der Waals surface area contributed by atoms with Crippen LogP contribution in [0, 0.1) is 20.2 Å². The standard InChI is InChI=1S/C58H48N6O8/c1-69-55-33-25-49(26-34-55)60(47-17-21-53(22-18-47)63(65)66)44-11-5-41(6-12-44)59(43-9-15-46(16-10-43)62(51-29-37-57(71-3)38-30-51)52-31-39-58(72-4)40-32-52)42-7-13-45(14-8-42)61(50-27-35-56(70-2)36-28-50)48-19-23-54(24-20-48)64(67)68/h5-40H,1-4H3. The van der Waals surface area contributed by atoms with Gasteiger partial charge in [0, 0.05) is 92.5 Å². The summed E-state index contributed by atoms with van der Waals surface area (Å²) >= 11 is 0. The van der Waals surface area contributed by atoms with E-state index in [9.17, 15) is 20.2 Å². The largest absolute Gasteiger partial charge is 0.497 e. The zero-order valence-electron chi connectivity index (χ0n) is 39.7. The van der Waals surface area contributed by atoms with Gasteiger partial charge < -0.3 is 38.5 Å². The van der Waals surface area contributed by atoms with Crippen molar-refractivity contribution in [1.82, 2.24) is 0 Å². The summed E-state index contributed by atoms with van der Waals surface area (Å²) in [6.45, 7) is 0. The minimum absolute atomic E-state index is 0.00700. The Morgan fingerprint density at radius 2 is 0.375 bits per heavy atom. The third-order valence-electron chi connectivity index (χ3n) is 12.1. The monoisotopic (exact) mass is 956 g/mol. The van der Waals surface area contributed by atoms with E-state index in [0.29, 0.717) is 11.5 Å². The van der Waals surface area contributed by atoms with Crippen LogP contribution in [0.3, 0.4) is 0 Å². The molecule has 14 heteroatoms. The van der Waals surface area contributed by atoms with Crippen molar-refractivity contribution < 1.29 is 28.8 Å². The van der Waals surface area contributed by atoms with Gasteiger partial charge in [0.1, 0.15) is 23.0 Å². The Kier molecular flexibility index (Phi) is 13.9. The van der Waals surface area contributed by atoms with E-state index in [1.54, 1.807) is 52.7 Å². The second-order valence-electron chi connectivity index (χ2n) is 16.2. The lowest BCUT2D eigenvalue weighted by Gasteiger charge is -2.30. The number of hydrogen-bond acceptors (Lipinski definition) is 12. The molecule has 0 radical (unpaired) electrons. The maximum absolute atomic E-state index is 11.6. The second-order valence-corrected chi connectivity index (χ2v) is 16.2. The zero-order valence-corrected chi connectivity index (χ0v) is 39.7. The summed E-state index contributed by atoms with van der Waals surface area (Å²) in [6, 6.07) is 68.6. The van der Waals surface area contributed by atoms with Gasteiger partial charge in [-0.05, 0) is 194 Å². The van der Waals surface area contributed by atoms with Gasteiger partial charge in [0.25, 0.3) is 11.4 Å². The Morgan fingerprint density at radius 3 is 0.500 bits per heavy atom. The summed E-state index contributed by atoms with van der Waals surface area (Å²) in [4.78, 5) is 30.8. The highest BCUT2D eigenvalue weighted by molar-refractivity contribution is 5.85. The van der Waals surface area contributed by atoms with Crippen LogP contribution in [0.1, 0.15) is 0 Å². The average Bonchev–Trinajstić information content (AvgIpc) is 3.43. The molecule has 9 rings (SSSR count). The first-order valence-corrected chi connectivity index (χ1v) is 22.7. The van der Waals surface area contributed by atoms with Gasteiger partial charge in [0.15, 0.2) is 0 Å². The molecule has 0 atom stereocenters. The molecule has 0 aromatic heterocycles. The first-order valence-electron chi connectivity index (χ1n) is 22.7. The molecular weight excluding hydrogens is 909 g/mol. The van der Waals surface area contributed by atoms with Crippen molar-refractivity contribution in [2.75, 3.05) is 48.0 Å². The quantitative estimate of drug-likeness (QED) is 0.0598. The van der Waals surface area contributed by atoms with Crippen molar-refractivity contribution in [3.8, 4) is 23.0 Å². The first kappa shape index (κ1) is 47.3. The van der Waals surface area contributed by atoms with E-state index in [1.165, 1.54) is 24.3 Å². The maximum atomic E-state index is 11.6. The van der Waals surface area contributed by atoms with Gasteiger partial charge in [0.05, 0.1) is 38.3 Å². The Labute approximate surface area is 416 Å². The molecule has 0 saturated heterocycles. The molecule has 9 aromatic carbocycles. The third kappa shape index (κ3) is 10.1. The minimum atomic E-state index is -0.411. The average molecular weight is 957 g/mol. The summed E-state index contributed by atoms with van der Waals surface area (Å²) in [5.74, 6) is 2.88. The molecule has 0 aliphatic carbocycles. The van der Waals surface area contributed by atoms with Crippen LogP contribution in [0.5, 0.6) is 23.0 Å². The third-order valence-corrected chi connectivity index (χ3v) is 12.1. The number of non-ortho nitro benzene ring substituents is 2. The number of nitrogens with zero attached hydrogens (tertiary/aromatic N) is 6. The molecule has 0 spiro atoms. The minimum Gasteiger partial charge on any atom is -0.497 e. The summed E-state index contributed by atoms with van der Waals surface area (Å²) in [5.41, 5.74) is 10.1. The van der Waals surface area contributed by atoms with Crippen molar-refractivity contribution in [2.45, 2.75) is 0 Å². The van der Waals surface area contributed by atoms with Crippen LogP contribution in [0.25, 0.3) is 0 Å². The van der Waals surface area contributed by atoms with E-state index in [-0.39, 0.29) is 11.4 Å². The van der Waals surface area contributed by atoms with E-state index in [1.807, 2.05) is 155 Å². The molecule has 72 heavy (non-hydrogen) atoms. The van der Waals surface area contributed by atoms with E-state index < -0.39 is 9.85 Å². The molecule has 358 valence electrons. The number of nitro benzene ring substituents is 2. The lowest BCUT2D eigenvalue weighted by Crippen LogP contribution is -2.14. The molecular formula is C58H48N6O8. The van der Waals surface area contributed by atoms with E-state index in [2.05, 4.69) is 34.1 Å². The summed E-state index contributed by atoms with van der Waals surface area (Å²) in [5, 5.41) is 23.2. The fourth-order valence-corrected chi connectivity index (χ4v) is 8.41. The van der Waals surface area contributed by atoms with Crippen LogP contribution in [-0.2, 0) is 0 Å². The van der Waals surface area contributed by atoms with Gasteiger partial charge in [-0.25, -0.2) is 0 Å². The van der Waals surface area contributed by atoms with Gasteiger partial charge in [-0.3, -0.25) is 20.2 Å². The highest BCUT2D eigenvalue weighted by atomic mass is 16.6. The molecule has 0 amide bonds. The number of anilines is 12. The van der Waals surface area contributed by atoms with Crippen molar-refractivity contribution in [3.63, 3.8) is 0 Å². The molecule has 0 fully saturated rings. The van der Waals surface area contributed by atoms with Gasteiger partial charge in [-0.15, -0.1) is 0 Å². The Balaban J connectivity index is 1.14. The molecule has 0 unspecified atom stereocenters. The van der Waals surface area contributed by atoms with Gasteiger partial charge in [-0.1, -0.05) is 0 Å². The van der Waals surface area contributed by atoms with Gasteiger partial charge >= 0.3 is 0 Å². The number of rotatable bonds is 18. The summed E-state index contributed by atoms with van der Waals surface area (Å²) in [6.07, 6.45) is 0.